The first kappa shape index (κ1) is 13.1. The van der Waals surface area contributed by atoms with Gasteiger partial charge >= 0.3 is 0 Å². The number of carbonyl (C=O) groups excluding carboxylic acids is 2. The van der Waals surface area contributed by atoms with E-state index in [1.165, 1.54) is 0 Å². The van der Waals surface area contributed by atoms with Gasteiger partial charge in [-0.2, -0.15) is 0 Å². The standard InChI is InChI=1S/C15H19N3O2/c16-14(19)13-8-10-4-1-2-5-11(10)9-18(13)15(20)12-6-3-7-17-12/h1-2,4-5,12-13,17H,3,6-9H2,(H2,16,19)/t12-,13+/m1/s1. The molecular formula is C15H19N3O2. The zero-order valence-electron chi connectivity index (χ0n) is 11.3. The summed E-state index contributed by atoms with van der Waals surface area (Å²) in [7, 11) is 0. The molecule has 20 heavy (non-hydrogen) atoms. The largest absolute Gasteiger partial charge is 0.368 e. The Balaban J connectivity index is 1.88. The van der Waals surface area contributed by atoms with Crippen molar-refractivity contribution < 1.29 is 9.59 Å². The number of nitrogens with two attached hydrogens (primary N) is 1. The number of nitrogens with zero attached hydrogens (tertiary/aromatic N) is 1. The van der Waals surface area contributed by atoms with Crippen LogP contribution in [0.25, 0.3) is 0 Å². The first-order valence-electron chi connectivity index (χ1n) is 7.07. The summed E-state index contributed by atoms with van der Waals surface area (Å²) in [5.41, 5.74) is 7.72. The smallest absolute Gasteiger partial charge is 0.240 e. The number of hydrogen-bond donors (Lipinski definition) is 2. The molecule has 2 atom stereocenters. The molecule has 2 amide bonds. The molecule has 2 aliphatic rings. The number of fused-ring (bicyclic) bond motifs is 1. The van der Waals surface area contributed by atoms with Crippen molar-refractivity contribution in [3.63, 3.8) is 0 Å². The van der Waals surface area contributed by atoms with Gasteiger partial charge in [0.25, 0.3) is 0 Å². The Labute approximate surface area is 118 Å². The summed E-state index contributed by atoms with van der Waals surface area (Å²) in [4.78, 5) is 25.9. The van der Waals surface area contributed by atoms with Crippen LogP contribution in [0.4, 0.5) is 0 Å². The van der Waals surface area contributed by atoms with E-state index in [1.54, 1.807) is 4.90 Å². The maximum absolute atomic E-state index is 12.6. The lowest BCUT2D eigenvalue weighted by Gasteiger charge is -2.36. The van der Waals surface area contributed by atoms with Crippen molar-refractivity contribution in [2.45, 2.75) is 37.9 Å². The van der Waals surface area contributed by atoms with Gasteiger partial charge in [0.05, 0.1) is 6.04 Å². The van der Waals surface area contributed by atoms with Gasteiger partial charge in [0.15, 0.2) is 0 Å². The van der Waals surface area contributed by atoms with Crippen molar-refractivity contribution in [3.8, 4) is 0 Å². The number of rotatable bonds is 2. The molecule has 0 aliphatic carbocycles. The first-order chi connectivity index (χ1) is 9.66. The highest BCUT2D eigenvalue weighted by atomic mass is 16.2. The quantitative estimate of drug-likeness (QED) is 0.807. The van der Waals surface area contributed by atoms with Gasteiger partial charge in [-0.1, -0.05) is 24.3 Å². The van der Waals surface area contributed by atoms with Crippen LogP contribution >= 0.6 is 0 Å². The van der Waals surface area contributed by atoms with Gasteiger partial charge in [-0.05, 0) is 30.5 Å². The van der Waals surface area contributed by atoms with Gasteiger partial charge in [0.2, 0.25) is 11.8 Å². The van der Waals surface area contributed by atoms with Crippen LogP contribution in [0.15, 0.2) is 24.3 Å². The molecule has 3 N–H and O–H groups in total. The van der Waals surface area contributed by atoms with E-state index in [-0.39, 0.29) is 11.9 Å². The second-order valence-electron chi connectivity index (χ2n) is 5.51. The molecule has 1 aromatic rings. The van der Waals surface area contributed by atoms with Crippen LogP contribution in [0.2, 0.25) is 0 Å². The first-order valence-corrected chi connectivity index (χ1v) is 7.07. The van der Waals surface area contributed by atoms with E-state index in [4.69, 9.17) is 5.73 Å². The second-order valence-corrected chi connectivity index (χ2v) is 5.51. The zero-order valence-corrected chi connectivity index (χ0v) is 11.3. The van der Waals surface area contributed by atoms with E-state index >= 15 is 0 Å². The lowest BCUT2D eigenvalue weighted by Crippen LogP contribution is -2.55. The van der Waals surface area contributed by atoms with Crippen LogP contribution in [0.5, 0.6) is 0 Å². The predicted octanol–water partition coefficient (Wildman–Crippen LogP) is 0.177. The van der Waals surface area contributed by atoms with Crippen LogP contribution in [0.3, 0.4) is 0 Å². The third-order valence-corrected chi connectivity index (χ3v) is 4.22. The molecule has 5 heteroatoms. The number of primary amides is 1. The lowest BCUT2D eigenvalue weighted by molar-refractivity contribution is -0.142. The van der Waals surface area contributed by atoms with Crippen molar-refractivity contribution in [3.05, 3.63) is 35.4 Å². The molecule has 0 unspecified atom stereocenters. The van der Waals surface area contributed by atoms with Gasteiger partial charge in [-0.15, -0.1) is 0 Å². The molecule has 0 aromatic heterocycles. The van der Waals surface area contributed by atoms with E-state index in [0.717, 1.165) is 30.5 Å². The number of hydrogen-bond acceptors (Lipinski definition) is 3. The van der Waals surface area contributed by atoms with Crippen molar-refractivity contribution in [1.82, 2.24) is 10.2 Å². The van der Waals surface area contributed by atoms with Crippen LogP contribution in [0, 0.1) is 0 Å². The molecule has 0 saturated carbocycles. The Morgan fingerprint density at radius 2 is 2.00 bits per heavy atom. The van der Waals surface area contributed by atoms with E-state index in [2.05, 4.69) is 5.32 Å². The van der Waals surface area contributed by atoms with Gasteiger partial charge < -0.3 is 16.0 Å². The van der Waals surface area contributed by atoms with Crippen LogP contribution in [-0.4, -0.2) is 35.3 Å². The van der Waals surface area contributed by atoms with E-state index < -0.39 is 11.9 Å². The maximum Gasteiger partial charge on any atom is 0.240 e. The molecule has 0 spiro atoms. The Kier molecular flexibility index (Phi) is 3.44. The fourth-order valence-electron chi connectivity index (χ4n) is 3.10. The monoisotopic (exact) mass is 273 g/mol. The Morgan fingerprint density at radius 3 is 2.65 bits per heavy atom. The Morgan fingerprint density at radius 1 is 1.25 bits per heavy atom. The van der Waals surface area contributed by atoms with Crippen molar-refractivity contribution in [2.24, 2.45) is 5.73 Å². The van der Waals surface area contributed by atoms with Crippen molar-refractivity contribution in [2.75, 3.05) is 6.54 Å². The fourth-order valence-corrected chi connectivity index (χ4v) is 3.10. The van der Waals surface area contributed by atoms with E-state index in [1.807, 2.05) is 24.3 Å². The summed E-state index contributed by atoms with van der Waals surface area (Å²) in [5.74, 6) is -0.424. The molecule has 0 bridgehead atoms. The SMILES string of the molecule is NC(=O)[C@@H]1Cc2ccccc2CN1C(=O)[C@H]1CCCN1. The average Bonchev–Trinajstić information content (AvgIpc) is 2.99. The summed E-state index contributed by atoms with van der Waals surface area (Å²) in [6.45, 7) is 1.34. The third-order valence-electron chi connectivity index (χ3n) is 4.22. The third kappa shape index (κ3) is 2.29. The molecule has 0 radical (unpaired) electrons. The summed E-state index contributed by atoms with van der Waals surface area (Å²) in [5, 5.41) is 3.19. The minimum absolute atomic E-state index is 0.000744. The normalized spacial score (nSPS) is 25.3. The Bertz CT molecular complexity index is 538. The van der Waals surface area contributed by atoms with Crippen LogP contribution in [-0.2, 0) is 22.6 Å². The number of carbonyl (C=O) groups is 2. The molecule has 1 fully saturated rings. The second kappa shape index (κ2) is 5.25. The summed E-state index contributed by atoms with van der Waals surface area (Å²) >= 11 is 0. The lowest BCUT2D eigenvalue weighted by atomic mass is 9.93. The minimum atomic E-state index is -0.528. The van der Waals surface area contributed by atoms with Gasteiger partial charge in [-0.25, -0.2) is 0 Å². The summed E-state index contributed by atoms with van der Waals surface area (Å²) in [6.07, 6.45) is 2.36. The zero-order chi connectivity index (χ0) is 14.1. The highest BCUT2D eigenvalue weighted by molar-refractivity contribution is 5.90. The average molecular weight is 273 g/mol. The number of amides is 2. The molecule has 1 saturated heterocycles. The predicted molar refractivity (Wildman–Crippen MR) is 74.7 cm³/mol. The fraction of sp³-hybridized carbons (Fsp3) is 0.467. The van der Waals surface area contributed by atoms with E-state index in [0.29, 0.717) is 13.0 Å². The molecule has 2 heterocycles. The van der Waals surface area contributed by atoms with E-state index in [9.17, 15) is 9.59 Å². The molecule has 5 nitrogen and oxygen atoms in total. The molecular weight excluding hydrogens is 254 g/mol. The summed E-state index contributed by atoms with van der Waals surface area (Å²) < 4.78 is 0. The number of nitrogens with one attached hydrogen (secondary N) is 1. The molecule has 106 valence electrons. The topological polar surface area (TPSA) is 75.4 Å². The van der Waals surface area contributed by atoms with Crippen LogP contribution in [0.1, 0.15) is 24.0 Å². The maximum atomic E-state index is 12.6. The van der Waals surface area contributed by atoms with Crippen molar-refractivity contribution >= 4 is 11.8 Å². The van der Waals surface area contributed by atoms with Gasteiger partial charge in [-0.3, -0.25) is 9.59 Å². The molecule has 3 rings (SSSR count). The van der Waals surface area contributed by atoms with Crippen LogP contribution < -0.4 is 11.1 Å². The van der Waals surface area contributed by atoms with Gasteiger partial charge in [0.1, 0.15) is 6.04 Å². The van der Waals surface area contributed by atoms with Gasteiger partial charge in [0, 0.05) is 13.0 Å². The molecule has 2 aliphatic heterocycles. The number of benzene rings is 1. The molecule has 1 aromatic carbocycles. The summed E-state index contributed by atoms with van der Waals surface area (Å²) in [6, 6.07) is 7.23. The Hall–Kier alpha value is -1.88. The highest BCUT2D eigenvalue weighted by Gasteiger charge is 2.36. The van der Waals surface area contributed by atoms with Crippen molar-refractivity contribution in [1.29, 1.82) is 0 Å². The highest BCUT2D eigenvalue weighted by Crippen LogP contribution is 2.25. The minimum Gasteiger partial charge on any atom is -0.368 e.